The van der Waals surface area contributed by atoms with Gasteiger partial charge < -0.3 is 10.1 Å². The molecule has 0 saturated carbocycles. The number of ether oxygens (including phenoxy) is 1. The Morgan fingerprint density at radius 3 is 2.79 bits per heavy atom. The van der Waals surface area contributed by atoms with Gasteiger partial charge >= 0.3 is 0 Å². The fraction of sp³-hybridized carbons (Fsp3) is 0.875. The molecule has 0 radical (unpaired) electrons. The highest BCUT2D eigenvalue weighted by Crippen LogP contribution is 2.15. The molecule has 1 heterocycles. The van der Waals surface area contributed by atoms with Gasteiger partial charge in [0.15, 0.2) is 0 Å². The molecular formula is C16H32N2O. The lowest BCUT2D eigenvalue weighted by Gasteiger charge is -2.40. The smallest absolute Gasteiger partial charge is 0.0672 e. The summed E-state index contributed by atoms with van der Waals surface area (Å²) >= 11 is 0. The van der Waals surface area contributed by atoms with E-state index in [0.29, 0.717) is 18.7 Å². The first-order valence-corrected chi connectivity index (χ1v) is 7.72. The van der Waals surface area contributed by atoms with Gasteiger partial charge in [0.1, 0.15) is 0 Å². The molecule has 0 amide bonds. The zero-order chi connectivity index (χ0) is 14.3. The Hall–Kier alpha value is -0.380. The highest BCUT2D eigenvalue weighted by Gasteiger charge is 2.26. The zero-order valence-electron chi connectivity index (χ0n) is 13.2. The van der Waals surface area contributed by atoms with Crippen molar-refractivity contribution < 1.29 is 4.74 Å². The minimum atomic E-state index is 0.643. The summed E-state index contributed by atoms with van der Waals surface area (Å²) in [4.78, 5) is 2.60. The molecule has 112 valence electrons. The molecule has 0 spiro atoms. The molecule has 0 aromatic rings. The SMILES string of the molecule is C=C(C)COCCN1CC(CC(C)C)NCC1CC. The predicted molar refractivity (Wildman–Crippen MR) is 82.5 cm³/mol. The second-order valence-electron chi connectivity index (χ2n) is 6.30. The summed E-state index contributed by atoms with van der Waals surface area (Å²) in [5.41, 5.74) is 1.10. The van der Waals surface area contributed by atoms with Crippen molar-refractivity contribution in [3.8, 4) is 0 Å². The summed E-state index contributed by atoms with van der Waals surface area (Å²) in [6, 6.07) is 1.31. The summed E-state index contributed by atoms with van der Waals surface area (Å²) in [6.45, 7) is 17.6. The Morgan fingerprint density at radius 2 is 2.21 bits per heavy atom. The van der Waals surface area contributed by atoms with Crippen LogP contribution in [-0.2, 0) is 4.74 Å². The molecular weight excluding hydrogens is 236 g/mol. The van der Waals surface area contributed by atoms with Gasteiger partial charge in [0.2, 0.25) is 0 Å². The van der Waals surface area contributed by atoms with Gasteiger partial charge in [-0.05, 0) is 25.7 Å². The molecule has 2 atom stereocenters. The first-order chi connectivity index (χ1) is 9.02. The van der Waals surface area contributed by atoms with Crippen LogP contribution in [0.4, 0.5) is 0 Å². The minimum absolute atomic E-state index is 0.643. The van der Waals surface area contributed by atoms with Gasteiger partial charge in [0.25, 0.3) is 0 Å². The Kier molecular flexibility index (Phi) is 7.66. The molecule has 1 fully saturated rings. The number of hydrogen-bond donors (Lipinski definition) is 1. The van der Waals surface area contributed by atoms with Crippen LogP contribution in [0.25, 0.3) is 0 Å². The third-order valence-electron chi connectivity index (χ3n) is 3.71. The van der Waals surface area contributed by atoms with Gasteiger partial charge in [-0.15, -0.1) is 0 Å². The van der Waals surface area contributed by atoms with Gasteiger partial charge in [0, 0.05) is 31.7 Å². The molecule has 0 aromatic carbocycles. The lowest BCUT2D eigenvalue weighted by atomic mass is 9.99. The van der Waals surface area contributed by atoms with Gasteiger partial charge in [0.05, 0.1) is 13.2 Å². The maximum absolute atomic E-state index is 5.65. The lowest BCUT2D eigenvalue weighted by molar-refractivity contribution is 0.0688. The van der Waals surface area contributed by atoms with Crippen LogP contribution in [0.15, 0.2) is 12.2 Å². The van der Waals surface area contributed by atoms with Crippen molar-refractivity contribution in [3.05, 3.63) is 12.2 Å². The van der Waals surface area contributed by atoms with E-state index in [2.05, 4.69) is 37.6 Å². The topological polar surface area (TPSA) is 24.5 Å². The first kappa shape index (κ1) is 16.7. The average Bonchev–Trinajstić information content (AvgIpc) is 2.34. The monoisotopic (exact) mass is 268 g/mol. The van der Waals surface area contributed by atoms with Crippen molar-refractivity contribution >= 4 is 0 Å². The van der Waals surface area contributed by atoms with Gasteiger partial charge in [-0.3, -0.25) is 4.90 Å². The predicted octanol–water partition coefficient (Wildman–Crippen LogP) is 2.68. The molecule has 3 nitrogen and oxygen atoms in total. The van der Waals surface area contributed by atoms with Crippen molar-refractivity contribution in [1.29, 1.82) is 0 Å². The van der Waals surface area contributed by atoms with Crippen LogP contribution in [-0.4, -0.2) is 49.8 Å². The Balaban J connectivity index is 2.34. The Labute approximate surface area is 119 Å². The molecule has 2 unspecified atom stereocenters. The van der Waals surface area contributed by atoms with Crippen molar-refractivity contribution in [2.75, 3.05) is 32.8 Å². The maximum atomic E-state index is 5.65. The van der Waals surface area contributed by atoms with Gasteiger partial charge in [-0.1, -0.05) is 32.9 Å². The molecule has 1 rings (SSSR count). The van der Waals surface area contributed by atoms with Crippen LogP contribution >= 0.6 is 0 Å². The molecule has 0 bridgehead atoms. The minimum Gasteiger partial charge on any atom is -0.376 e. The molecule has 0 aromatic heterocycles. The van der Waals surface area contributed by atoms with E-state index < -0.39 is 0 Å². The van der Waals surface area contributed by atoms with Crippen molar-refractivity contribution in [1.82, 2.24) is 10.2 Å². The third kappa shape index (κ3) is 6.55. The number of hydrogen-bond acceptors (Lipinski definition) is 3. The molecule has 1 aliphatic heterocycles. The lowest BCUT2D eigenvalue weighted by Crippen LogP contribution is -2.57. The summed E-state index contributed by atoms with van der Waals surface area (Å²) in [5, 5.41) is 3.69. The molecule has 19 heavy (non-hydrogen) atoms. The number of nitrogens with zero attached hydrogens (tertiary/aromatic N) is 1. The second kappa shape index (κ2) is 8.72. The average molecular weight is 268 g/mol. The van der Waals surface area contributed by atoms with Crippen LogP contribution in [0.3, 0.4) is 0 Å². The van der Waals surface area contributed by atoms with Crippen LogP contribution < -0.4 is 5.32 Å². The molecule has 1 saturated heterocycles. The van der Waals surface area contributed by atoms with Gasteiger partial charge in [-0.25, -0.2) is 0 Å². The maximum Gasteiger partial charge on any atom is 0.0672 e. The van der Waals surface area contributed by atoms with Crippen LogP contribution in [0.5, 0.6) is 0 Å². The van der Waals surface area contributed by atoms with Crippen molar-refractivity contribution in [3.63, 3.8) is 0 Å². The second-order valence-corrected chi connectivity index (χ2v) is 6.30. The molecule has 1 aliphatic rings. The van der Waals surface area contributed by atoms with E-state index in [0.717, 1.165) is 37.7 Å². The quantitative estimate of drug-likeness (QED) is 0.541. The van der Waals surface area contributed by atoms with E-state index in [1.807, 2.05) is 6.92 Å². The van der Waals surface area contributed by atoms with E-state index in [1.54, 1.807) is 0 Å². The summed E-state index contributed by atoms with van der Waals surface area (Å²) in [5.74, 6) is 0.761. The van der Waals surface area contributed by atoms with Crippen molar-refractivity contribution in [2.45, 2.75) is 52.6 Å². The van der Waals surface area contributed by atoms with E-state index in [4.69, 9.17) is 4.74 Å². The third-order valence-corrected chi connectivity index (χ3v) is 3.71. The fourth-order valence-corrected chi connectivity index (χ4v) is 2.76. The number of piperazine rings is 1. The normalized spacial score (nSPS) is 24.9. The van der Waals surface area contributed by atoms with E-state index >= 15 is 0 Å². The summed E-state index contributed by atoms with van der Waals surface area (Å²) in [6.07, 6.45) is 2.47. The standard InChI is InChI=1S/C16H32N2O/c1-6-16-10-17-15(9-13(2)3)11-18(16)7-8-19-12-14(4)5/h13,15-17H,4,6-12H2,1-3,5H3. The van der Waals surface area contributed by atoms with Crippen LogP contribution in [0.1, 0.15) is 40.5 Å². The Morgan fingerprint density at radius 1 is 1.47 bits per heavy atom. The van der Waals surface area contributed by atoms with E-state index in [-0.39, 0.29) is 0 Å². The van der Waals surface area contributed by atoms with E-state index in [1.165, 1.54) is 12.8 Å². The highest BCUT2D eigenvalue weighted by atomic mass is 16.5. The number of nitrogens with one attached hydrogen (secondary N) is 1. The largest absolute Gasteiger partial charge is 0.376 e. The molecule has 1 N–H and O–H groups in total. The van der Waals surface area contributed by atoms with Crippen LogP contribution in [0.2, 0.25) is 0 Å². The summed E-state index contributed by atoms with van der Waals surface area (Å²) in [7, 11) is 0. The van der Waals surface area contributed by atoms with Crippen LogP contribution in [0, 0.1) is 5.92 Å². The highest BCUT2D eigenvalue weighted by molar-refractivity contribution is 4.88. The van der Waals surface area contributed by atoms with E-state index in [9.17, 15) is 0 Å². The fourth-order valence-electron chi connectivity index (χ4n) is 2.76. The zero-order valence-corrected chi connectivity index (χ0v) is 13.2. The molecule has 3 heteroatoms. The van der Waals surface area contributed by atoms with Crippen molar-refractivity contribution in [2.24, 2.45) is 5.92 Å². The number of rotatable bonds is 8. The molecule has 0 aliphatic carbocycles. The Bertz CT molecular complexity index is 265. The summed E-state index contributed by atoms with van der Waals surface area (Å²) < 4.78 is 5.65. The van der Waals surface area contributed by atoms with Gasteiger partial charge in [-0.2, -0.15) is 0 Å². The first-order valence-electron chi connectivity index (χ1n) is 7.72.